The fraction of sp³-hybridized carbons (Fsp3) is 0.294. The van der Waals surface area contributed by atoms with Gasteiger partial charge in [0.1, 0.15) is 5.75 Å². The Morgan fingerprint density at radius 2 is 1.68 bits per heavy atom. The van der Waals surface area contributed by atoms with Crippen LogP contribution in [0.1, 0.15) is 25.3 Å². The lowest BCUT2D eigenvalue weighted by Gasteiger charge is -2.13. The molecule has 1 N–H and O–H groups in total. The fourth-order valence-corrected chi connectivity index (χ4v) is 2.12. The van der Waals surface area contributed by atoms with Crippen LogP contribution in [0.3, 0.4) is 0 Å². The number of rotatable bonds is 4. The van der Waals surface area contributed by atoms with Crippen LogP contribution in [0.25, 0.3) is 11.1 Å². The molecule has 100 valence electrons. The van der Waals surface area contributed by atoms with Crippen LogP contribution in [-0.2, 0) is 0 Å². The van der Waals surface area contributed by atoms with E-state index in [1.165, 1.54) is 11.1 Å². The second-order valence-corrected chi connectivity index (χ2v) is 4.94. The van der Waals surface area contributed by atoms with Crippen LogP contribution in [-0.4, -0.2) is 14.2 Å². The Labute approximate surface area is 115 Å². The second kappa shape index (κ2) is 5.79. The van der Waals surface area contributed by atoms with Crippen molar-refractivity contribution in [1.29, 1.82) is 0 Å². The average Bonchev–Trinajstić information content (AvgIpc) is 2.46. The Kier molecular flexibility index (Phi) is 4.10. The topological polar surface area (TPSA) is 21.3 Å². The van der Waals surface area contributed by atoms with Gasteiger partial charge in [-0.2, -0.15) is 0 Å². The van der Waals surface area contributed by atoms with Crippen molar-refractivity contribution in [3.63, 3.8) is 0 Å². The van der Waals surface area contributed by atoms with Crippen LogP contribution in [0.2, 0.25) is 0 Å². The van der Waals surface area contributed by atoms with Crippen molar-refractivity contribution in [2.45, 2.75) is 19.8 Å². The van der Waals surface area contributed by atoms with Gasteiger partial charge in [-0.15, -0.1) is 0 Å². The molecule has 0 heterocycles. The number of nitrogens with one attached hydrogen (secondary N) is 1. The minimum absolute atomic E-state index is 0.509. The highest BCUT2D eigenvalue weighted by Crippen LogP contribution is 2.33. The van der Waals surface area contributed by atoms with E-state index < -0.39 is 0 Å². The molecule has 0 saturated carbocycles. The summed E-state index contributed by atoms with van der Waals surface area (Å²) in [6, 6.07) is 14.8. The van der Waals surface area contributed by atoms with Gasteiger partial charge < -0.3 is 10.1 Å². The molecule has 0 unspecified atom stereocenters. The maximum Gasteiger partial charge on any atom is 0.126 e. The van der Waals surface area contributed by atoms with E-state index in [1.54, 1.807) is 7.11 Å². The summed E-state index contributed by atoms with van der Waals surface area (Å²) in [7, 11) is 3.65. The number of anilines is 1. The van der Waals surface area contributed by atoms with Gasteiger partial charge in [0.15, 0.2) is 0 Å². The summed E-state index contributed by atoms with van der Waals surface area (Å²) in [5.41, 5.74) is 4.72. The van der Waals surface area contributed by atoms with Crippen LogP contribution in [0, 0.1) is 0 Å². The number of benzene rings is 2. The normalized spacial score (nSPS) is 10.6. The molecule has 0 aliphatic carbocycles. The monoisotopic (exact) mass is 255 g/mol. The number of hydrogen-bond acceptors (Lipinski definition) is 2. The predicted molar refractivity (Wildman–Crippen MR) is 82.1 cm³/mol. The van der Waals surface area contributed by atoms with Crippen molar-refractivity contribution in [3.8, 4) is 16.9 Å². The third-order valence-electron chi connectivity index (χ3n) is 3.38. The van der Waals surface area contributed by atoms with E-state index in [4.69, 9.17) is 4.74 Å². The van der Waals surface area contributed by atoms with E-state index in [1.807, 2.05) is 7.05 Å². The van der Waals surface area contributed by atoms with Crippen LogP contribution in [0.5, 0.6) is 5.75 Å². The lowest BCUT2D eigenvalue weighted by atomic mass is 9.97. The van der Waals surface area contributed by atoms with E-state index in [0.717, 1.165) is 17.0 Å². The summed E-state index contributed by atoms with van der Waals surface area (Å²) in [5, 5.41) is 3.13. The highest BCUT2D eigenvalue weighted by atomic mass is 16.5. The molecule has 2 aromatic carbocycles. The maximum atomic E-state index is 5.53. The van der Waals surface area contributed by atoms with Crippen molar-refractivity contribution < 1.29 is 4.74 Å². The molecule has 0 aliphatic heterocycles. The molecular weight excluding hydrogens is 234 g/mol. The van der Waals surface area contributed by atoms with Crippen LogP contribution >= 0.6 is 0 Å². The Morgan fingerprint density at radius 3 is 2.21 bits per heavy atom. The molecule has 2 rings (SSSR count). The van der Waals surface area contributed by atoms with Gasteiger partial charge in [0, 0.05) is 18.3 Å². The summed E-state index contributed by atoms with van der Waals surface area (Å²) in [4.78, 5) is 0. The van der Waals surface area contributed by atoms with E-state index in [2.05, 4.69) is 61.6 Å². The largest absolute Gasteiger partial charge is 0.496 e. The summed E-state index contributed by atoms with van der Waals surface area (Å²) in [5.74, 6) is 1.44. The molecule has 2 heteroatoms. The van der Waals surface area contributed by atoms with E-state index in [0.29, 0.717) is 5.92 Å². The van der Waals surface area contributed by atoms with Crippen molar-refractivity contribution in [2.75, 3.05) is 19.5 Å². The average molecular weight is 255 g/mol. The zero-order valence-electron chi connectivity index (χ0n) is 12.0. The van der Waals surface area contributed by atoms with Gasteiger partial charge >= 0.3 is 0 Å². The first-order valence-electron chi connectivity index (χ1n) is 6.62. The Bertz CT molecular complexity index is 544. The molecule has 2 aromatic rings. The number of methoxy groups -OCH3 is 1. The molecule has 0 saturated heterocycles. The van der Waals surface area contributed by atoms with Crippen molar-refractivity contribution >= 4 is 5.69 Å². The van der Waals surface area contributed by atoms with Crippen LogP contribution in [0.15, 0.2) is 42.5 Å². The van der Waals surface area contributed by atoms with Gasteiger partial charge in [-0.25, -0.2) is 0 Å². The number of ether oxygens (including phenoxy) is 1. The summed E-state index contributed by atoms with van der Waals surface area (Å²) < 4.78 is 5.53. The van der Waals surface area contributed by atoms with E-state index >= 15 is 0 Å². The molecular formula is C17H21NO. The Balaban J connectivity index is 2.42. The minimum atomic E-state index is 0.509. The molecule has 0 atom stereocenters. The van der Waals surface area contributed by atoms with Gasteiger partial charge in [0.25, 0.3) is 0 Å². The van der Waals surface area contributed by atoms with Gasteiger partial charge in [-0.1, -0.05) is 38.1 Å². The maximum absolute atomic E-state index is 5.53. The first-order chi connectivity index (χ1) is 9.15. The summed E-state index contributed by atoms with van der Waals surface area (Å²) in [6.45, 7) is 4.38. The molecule has 0 radical (unpaired) electrons. The fourth-order valence-electron chi connectivity index (χ4n) is 2.12. The van der Waals surface area contributed by atoms with Gasteiger partial charge in [0.05, 0.1) is 7.11 Å². The third-order valence-corrected chi connectivity index (χ3v) is 3.38. The molecule has 0 amide bonds. The smallest absolute Gasteiger partial charge is 0.126 e. The first-order valence-corrected chi connectivity index (χ1v) is 6.62. The minimum Gasteiger partial charge on any atom is -0.496 e. The highest BCUT2D eigenvalue weighted by Gasteiger charge is 2.08. The van der Waals surface area contributed by atoms with E-state index in [-0.39, 0.29) is 0 Å². The van der Waals surface area contributed by atoms with Crippen LogP contribution < -0.4 is 10.1 Å². The standard InChI is InChI=1S/C17H21NO/c1-12(2)14-7-10-16(17(11-14)19-4)13-5-8-15(18-3)9-6-13/h5-12,18H,1-4H3. The molecule has 0 bridgehead atoms. The third kappa shape index (κ3) is 2.90. The Morgan fingerprint density at radius 1 is 1.00 bits per heavy atom. The van der Waals surface area contributed by atoms with Gasteiger partial charge in [0.2, 0.25) is 0 Å². The van der Waals surface area contributed by atoms with E-state index in [9.17, 15) is 0 Å². The zero-order chi connectivity index (χ0) is 13.8. The molecule has 0 aliphatic rings. The molecule has 0 fully saturated rings. The van der Waals surface area contributed by atoms with Gasteiger partial charge in [-0.05, 0) is 35.2 Å². The molecule has 0 aromatic heterocycles. The Hall–Kier alpha value is -1.96. The lowest BCUT2D eigenvalue weighted by Crippen LogP contribution is -1.93. The van der Waals surface area contributed by atoms with Gasteiger partial charge in [-0.3, -0.25) is 0 Å². The predicted octanol–water partition coefficient (Wildman–Crippen LogP) is 4.53. The zero-order valence-corrected chi connectivity index (χ0v) is 12.0. The van der Waals surface area contributed by atoms with Crippen molar-refractivity contribution in [2.24, 2.45) is 0 Å². The van der Waals surface area contributed by atoms with Crippen LogP contribution in [0.4, 0.5) is 5.69 Å². The first kappa shape index (κ1) is 13.5. The molecule has 19 heavy (non-hydrogen) atoms. The quantitative estimate of drug-likeness (QED) is 0.866. The number of hydrogen-bond donors (Lipinski definition) is 1. The van der Waals surface area contributed by atoms with Crippen molar-refractivity contribution in [3.05, 3.63) is 48.0 Å². The molecule has 0 spiro atoms. The van der Waals surface area contributed by atoms with Crippen molar-refractivity contribution in [1.82, 2.24) is 0 Å². The second-order valence-electron chi connectivity index (χ2n) is 4.94. The lowest BCUT2D eigenvalue weighted by molar-refractivity contribution is 0.415. The SMILES string of the molecule is CNc1ccc(-c2ccc(C(C)C)cc2OC)cc1. The summed E-state index contributed by atoms with van der Waals surface area (Å²) in [6.07, 6.45) is 0. The highest BCUT2D eigenvalue weighted by molar-refractivity contribution is 5.72. The summed E-state index contributed by atoms with van der Waals surface area (Å²) >= 11 is 0. The molecule has 2 nitrogen and oxygen atoms in total.